The molecule has 0 aliphatic carbocycles. The lowest BCUT2D eigenvalue weighted by atomic mass is 10.2. The van der Waals surface area contributed by atoms with Gasteiger partial charge in [-0.3, -0.25) is 4.99 Å². The lowest BCUT2D eigenvalue weighted by Crippen LogP contribution is -2.57. The largest absolute Gasteiger partial charge is 0.403 e. The highest BCUT2D eigenvalue weighted by atomic mass is 35.5. The van der Waals surface area contributed by atoms with E-state index in [0.29, 0.717) is 16.9 Å². The van der Waals surface area contributed by atoms with E-state index in [1.807, 2.05) is 0 Å². The third kappa shape index (κ3) is 3.71. The van der Waals surface area contributed by atoms with Crippen molar-refractivity contribution in [1.82, 2.24) is 10.4 Å². The van der Waals surface area contributed by atoms with Gasteiger partial charge in [-0.15, -0.1) is 0 Å². The van der Waals surface area contributed by atoms with Gasteiger partial charge in [0.2, 0.25) is 0 Å². The summed E-state index contributed by atoms with van der Waals surface area (Å²) in [6.07, 6.45) is -3.96. The molecule has 0 spiro atoms. The second-order valence-corrected chi connectivity index (χ2v) is 4.69. The Morgan fingerprint density at radius 2 is 2.05 bits per heavy atom. The topological polar surface area (TPSA) is 44.7 Å². The van der Waals surface area contributed by atoms with Gasteiger partial charge in [0.1, 0.15) is 24.7 Å². The van der Waals surface area contributed by atoms with Crippen molar-refractivity contribution in [3.63, 3.8) is 0 Å². The molecule has 0 saturated carbocycles. The lowest BCUT2D eigenvalue weighted by molar-refractivity contribution is -0.156. The van der Waals surface area contributed by atoms with Crippen LogP contribution in [0.3, 0.4) is 0 Å². The van der Waals surface area contributed by atoms with Gasteiger partial charge in [0.15, 0.2) is 0 Å². The van der Waals surface area contributed by atoms with E-state index >= 15 is 0 Å². The highest BCUT2D eigenvalue weighted by Crippen LogP contribution is 2.19. The van der Waals surface area contributed by atoms with Crippen molar-refractivity contribution >= 4 is 23.7 Å². The van der Waals surface area contributed by atoms with Crippen molar-refractivity contribution in [3.8, 4) is 0 Å². The molecule has 2 rings (SSSR count). The number of carbonyl (C=O) groups excluding carboxylic acids is 1. The van der Waals surface area contributed by atoms with E-state index in [1.54, 1.807) is 24.3 Å². The number of nitrogens with one attached hydrogen (secondary N) is 1. The summed E-state index contributed by atoms with van der Waals surface area (Å²) in [4.78, 5) is 14.9. The molecule has 8 heteroatoms. The molecule has 1 atom stereocenters. The van der Waals surface area contributed by atoms with Crippen LogP contribution in [-0.4, -0.2) is 42.4 Å². The van der Waals surface area contributed by atoms with Crippen molar-refractivity contribution in [2.45, 2.75) is 12.2 Å². The van der Waals surface area contributed by atoms with E-state index in [2.05, 4.69) is 10.4 Å². The van der Waals surface area contributed by atoms with Gasteiger partial charge in [-0.1, -0.05) is 11.6 Å². The fourth-order valence-corrected chi connectivity index (χ4v) is 1.89. The Labute approximate surface area is 118 Å². The van der Waals surface area contributed by atoms with Crippen molar-refractivity contribution in [2.24, 2.45) is 4.99 Å². The van der Waals surface area contributed by atoms with Crippen LogP contribution in [0.2, 0.25) is 5.02 Å². The first kappa shape index (κ1) is 14.8. The molecule has 0 saturated heterocycles. The summed E-state index contributed by atoms with van der Waals surface area (Å²) in [6, 6.07) is 5.57. The average molecular weight is 306 g/mol. The Balaban J connectivity index is 2.18. The lowest BCUT2D eigenvalue weighted by Gasteiger charge is -2.33. The second kappa shape index (κ2) is 5.80. The van der Waals surface area contributed by atoms with Gasteiger partial charge in [0.05, 0.1) is 6.54 Å². The van der Waals surface area contributed by atoms with Crippen LogP contribution in [0.4, 0.5) is 13.2 Å². The predicted octanol–water partition coefficient (Wildman–Crippen LogP) is 2.04. The number of hydrogen-bond donors (Lipinski definition) is 1. The van der Waals surface area contributed by atoms with Crippen LogP contribution < -0.4 is 5.43 Å². The minimum absolute atomic E-state index is 0.0233. The number of hydrogen-bond acceptors (Lipinski definition) is 4. The Kier molecular flexibility index (Phi) is 4.29. The third-order valence-electron chi connectivity index (χ3n) is 2.71. The van der Waals surface area contributed by atoms with Gasteiger partial charge in [-0.05, 0) is 24.3 Å². The maximum Gasteiger partial charge on any atom is 0.403 e. The summed E-state index contributed by atoms with van der Waals surface area (Å²) < 4.78 is 37.4. The molecule has 108 valence electrons. The second-order valence-electron chi connectivity index (χ2n) is 4.25. The minimum atomic E-state index is -4.41. The molecular weight excluding hydrogens is 295 g/mol. The molecule has 1 aliphatic heterocycles. The highest BCUT2D eigenvalue weighted by molar-refractivity contribution is 6.30. The average Bonchev–Trinajstić information content (AvgIpc) is 2.37. The predicted molar refractivity (Wildman–Crippen MR) is 68.6 cm³/mol. The van der Waals surface area contributed by atoms with Gasteiger partial charge >= 0.3 is 6.18 Å². The third-order valence-corrected chi connectivity index (χ3v) is 2.96. The summed E-state index contributed by atoms with van der Waals surface area (Å²) in [7, 11) is 0. The smallest absolute Gasteiger partial charge is 0.302 e. The number of hydrazine groups is 1. The molecule has 1 heterocycles. The van der Waals surface area contributed by atoms with Gasteiger partial charge in [0.25, 0.3) is 0 Å². The molecule has 1 unspecified atom stereocenters. The van der Waals surface area contributed by atoms with Crippen LogP contribution in [-0.2, 0) is 4.79 Å². The number of amidine groups is 1. The first-order valence-corrected chi connectivity index (χ1v) is 6.12. The van der Waals surface area contributed by atoms with Crippen molar-refractivity contribution in [1.29, 1.82) is 0 Å². The molecule has 1 aromatic carbocycles. The molecule has 0 aromatic heterocycles. The van der Waals surface area contributed by atoms with Crippen molar-refractivity contribution < 1.29 is 18.0 Å². The highest BCUT2D eigenvalue weighted by Gasteiger charge is 2.36. The molecule has 1 aromatic rings. The summed E-state index contributed by atoms with van der Waals surface area (Å²) >= 11 is 5.75. The van der Waals surface area contributed by atoms with Gasteiger partial charge in [-0.2, -0.15) is 13.2 Å². The number of rotatable bonds is 3. The number of carbonyl (C=O) groups is 1. The molecular formula is C12H11ClF3N3O. The Morgan fingerprint density at radius 3 is 2.60 bits per heavy atom. The minimum Gasteiger partial charge on any atom is -0.302 e. The molecule has 0 bridgehead atoms. The molecule has 0 fully saturated rings. The van der Waals surface area contributed by atoms with Crippen molar-refractivity contribution in [2.75, 3.05) is 13.1 Å². The molecule has 1 aliphatic rings. The van der Waals surface area contributed by atoms with E-state index in [9.17, 15) is 18.0 Å². The molecule has 4 nitrogen and oxygen atoms in total. The van der Waals surface area contributed by atoms with Crippen LogP contribution in [0.5, 0.6) is 0 Å². The summed E-state index contributed by atoms with van der Waals surface area (Å²) in [5.74, 6) is 0.281. The zero-order valence-electron chi connectivity index (χ0n) is 10.2. The molecule has 1 N–H and O–H groups in total. The van der Waals surface area contributed by atoms with Gasteiger partial charge < -0.3 is 10.2 Å². The van der Waals surface area contributed by atoms with Gasteiger partial charge in [0, 0.05) is 10.6 Å². The maximum absolute atomic E-state index is 12.5. The Bertz CT molecular complexity index is 516. The van der Waals surface area contributed by atoms with Crippen molar-refractivity contribution in [3.05, 3.63) is 34.9 Å². The van der Waals surface area contributed by atoms with Crippen LogP contribution >= 0.6 is 11.6 Å². The first-order valence-electron chi connectivity index (χ1n) is 5.75. The van der Waals surface area contributed by atoms with Crippen LogP contribution in [0.15, 0.2) is 29.3 Å². The normalized spacial score (nSPS) is 20.2. The zero-order valence-corrected chi connectivity index (χ0v) is 10.9. The Morgan fingerprint density at radius 1 is 1.40 bits per heavy atom. The standard InChI is InChI=1S/C12H11ClF3N3O/c13-9-3-1-8(2-4-9)11-17-5-10(6-20)19(18-11)7-12(14,15)16/h1-4,6,10H,5,7H2,(H,17,18). The molecule has 0 radical (unpaired) electrons. The van der Waals surface area contributed by atoms with Gasteiger partial charge in [-0.25, -0.2) is 5.01 Å². The van der Waals surface area contributed by atoms with Crippen LogP contribution in [0, 0.1) is 0 Å². The summed E-state index contributed by atoms with van der Waals surface area (Å²) in [5, 5.41) is 1.35. The number of aldehydes is 1. The monoisotopic (exact) mass is 305 g/mol. The van der Waals surface area contributed by atoms with E-state index in [1.165, 1.54) is 0 Å². The summed E-state index contributed by atoms with van der Waals surface area (Å²) in [6.45, 7) is -1.26. The molecule has 0 amide bonds. The van der Waals surface area contributed by atoms with E-state index < -0.39 is 18.8 Å². The number of benzene rings is 1. The number of halogens is 4. The fourth-order valence-electron chi connectivity index (χ4n) is 1.77. The first-order chi connectivity index (χ1) is 9.39. The fraction of sp³-hybridized carbons (Fsp3) is 0.333. The number of nitrogens with zero attached hydrogens (tertiary/aromatic N) is 2. The maximum atomic E-state index is 12.5. The SMILES string of the molecule is O=CC1CN=C(c2ccc(Cl)cc2)NN1CC(F)(F)F. The summed E-state index contributed by atoms with van der Waals surface area (Å²) in [5.41, 5.74) is 3.14. The zero-order chi connectivity index (χ0) is 14.8. The van der Waals surface area contributed by atoms with Crippen LogP contribution in [0.25, 0.3) is 0 Å². The van der Waals surface area contributed by atoms with E-state index in [4.69, 9.17) is 11.6 Å². The number of alkyl halides is 3. The van der Waals surface area contributed by atoms with E-state index in [-0.39, 0.29) is 12.4 Å². The molecule has 20 heavy (non-hydrogen) atoms. The Hall–Kier alpha value is -1.60. The quantitative estimate of drug-likeness (QED) is 0.869. The van der Waals surface area contributed by atoms with E-state index in [0.717, 1.165) is 5.01 Å². The number of aliphatic imine (C=N–C) groups is 1. The van der Waals surface area contributed by atoms with Crippen LogP contribution in [0.1, 0.15) is 5.56 Å².